The van der Waals surface area contributed by atoms with Crippen LogP contribution in [0, 0.1) is 5.92 Å². The van der Waals surface area contributed by atoms with Gasteiger partial charge in [-0.1, -0.05) is 0 Å². The second-order valence-electron chi connectivity index (χ2n) is 3.17. The van der Waals surface area contributed by atoms with Crippen LogP contribution in [0.5, 0.6) is 0 Å². The molecule has 0 aromatic rings. The first kappa shape index (κ1) is 10.2. The molecule has 1 N–H and O–H groups in total. The van der Waals surface area contributed by atoms with Gasteiger partial charge in [-0.3, -0.25) is 4.79 Å². The van der Waals surface area contributed by atoms with Gasteiger partial charge >= 0.3 is 16.5 Å². The zero-order valence-corrected chi connectivity index (χ0v) is 7.83. The summed E-state index contributed by atoms with van der Waals surface area (Å²) in [4.78, 5) is 10.5. The summed E-state index contributed by atoms with van der Waals surface area (Å²) in [5.41, 5.74) is 0. The van der Waals surface area contributed by atoms with Crippen LogP contribution in [-0.4, -0.2) is 25.5 Å². The topological polar surface area (TPSA) is 83.8 Å². The van der Waals surface area contributed by atoms with E-state index in [9.17, 15) is 13.2 Å². The number of carboxylic acids is 1. The van der Waals surface area contributed by atoms with Gasteiger partial charge in [0.1, 0.15) is 0 Å². The zero-order valence-electron chi connectivity index (χ0n) is 7.01. The molecule has 0 atom stereocenters. The van der Waals surface area contributed by atoms with Crippen molar-refractivity contribution in [1.82, 2.24) is 0 Å². The maximum atomic E-state index is 10.5. The van der Waals surface area contributed by atoms with Crippen LogP contribution >= 0.6 is 0 Å². The number of hydrogen-bond acceptors (Lipinski definition) is 4. The molecule has 0 aromatic carbocycles. The summed E-state index contributed by atoms with van der Waals surface area (Å²) in [6.07, 6.45) is 2.18. The van der Waals surface area contributed by atoms with Gasteiger partial charge in [0.15, 0.2) is 0 Å². The summed E-state index contributed by atoms with van der Waals surface area (Å²) in [5.74, 6) is -1.10. The number of carboxylic acid groups (broad SMARTS) is 1. The molecule has 1 saturated carbocycles. The van der Waals surface area contributed by atoms with Gasteiger partial charge in [0.25, 0.3) is 0 Å². The molecule has 0 heterocycles. The molecular formula is C7H11NO4S. The molecule has 1 aliphatic carbocycles. The van der Waals surface area contributed by atoms with Crippen LogP contribution in [-0.2, 0) is 15.3 Å². The van der Waals surface area contributed by atoms with Crippen LogP contribution < -0.4 is 0 Å². The maximum Gasteiger partial charge on any atom is 0.311 e. The van der Waals surface area contributed by atoms with E-state index >= 15 is 0 Å². The smallest absolute Gasteiger partial charge is 0.311 e. The monoisotopic (exact) mass is 205 g/mol. The molecule has 74 valence electrons. The molecule has 1 fully saturated rings. The molecule has 0 aliphatic heterocycles. The first-order valence-electron chi connectivity index (χ1n) is 4.12. The standard InChI is InChI=1S/C7H11NO4S/c9-7(10)5-1-3-6(4-2-5)8-13(11)12/h5-6H,1-4H2,(H,9,10). The summed E-state index contributed by atoms with van der Waals surface area (Å²) >= 11 is 0. The van der Waals surface area contributed by atoms with E-state index in [0.717, 1.165) is 0 Å². The SMILES string of the molecule is O=C(O)C1CCC(N=S(=O)=O)CC1. The number of rotatable bonds is 2. The molecule has 0 spiro atoms. The molecule has 0 amide bonds. The highest BCUT2D eigenvalue weighted by molar-refractivity contribution is 7.61. The van der Waals surface area contributed by atoms with Gasteiger partial charge in [0.2, 0.25) is 0 Å². The molecule has 0 saturated heterocycles. The van der Waals surface area contributed by atoms with Crippen LogP contribution in [0.4, 0.5) is 0 Å². The molecule has 0 aromatic heterocycles. The highest BCUT2D eigenvalue weighted by Gasteiger charge is 2.25. The first-order chi connectivity index (χ1) is 6.09. The van der Waals surface area contributed by atoms with Crippen molar-refractivity contribution in [3.63, 3.8) is 0 Å². The molecule has 5 nitrogen and oxygen atoms in total. The third-order valence-electron chi connectivity index (χ3n) is 2.28. The van der Waals surface area contributed by atoms with Crippen molar-refractivity contribution in [3.05, 3.63) is 0 Å². The van der Waals surface area contributed by atoms with Gasteiger partial charge in [0.05, 0.1) is 12.0 Å². The van der Waals surface area contributed by atoms with Crippen LogP contribution in [0.2, 0.25) is 0 Å². The summed E-state index contributed by atoms with van der Waals surface area (Å²) in [7, 11) is -2.36. The Morgan fingerprint density at radius 1 is 1.23 bits per heavy atom. The highest BCUT2D eigenvalue weighted by atomic mass is 32.2. The summed E-state index contributed by atoms with van der Waals surface area (Å²) < 4.78 is 23.9. The fourth-order valence-electron chi connectivity index (χ4n) is 1.55. The second-order valence-corrected chi connectivity index (χ2v) is 3.81. The van der Waals surface area contributed by atoms with Crippen LogP contribution in [0.1, 0.15) is 25.7 Å². The van der Waals surface area contributed by atoms with E-state index in [4.69, 9.17) is 5.11 Å². The minimum absolute atomic E-state index is 0.200. The Balaban J connectivity index is 2.48. The molecule has 0 unspecified atom stereocenters. The summed E-state index contributed by atoms with van der Waals surface area (Å²) in [6.45, 7) is 0. The van der Waals surface area contributed by atoms with Crippen molar-refractivity contribution in [3.8, 4) is 0 Å². The average molecular weight is 205 g/mol. The van der Waals surface area contributed by atoms with Crippen molar-refractivity contribution in [2.24, 2.45) is 10.3 Å². The lowest BCUT2D eigenvalue weighted by Crippen LogP contribution is -2.22. The van der Waals surface area contributed by atoms with Gasteiger partial charge in [-0.25, -0.2) is 0 Å². The predicted molar refractivity (Wildman–Crippen MR) is 44.7 cm³/mol. The van der Waals surface area contributed by atoms with E-state index in [-0.39, 0.29) is 12.0 Å². The number of nitrogens with zero attached hydrogens (tertiary/aromatic N) is 1. The fraction of sp³-hybridized carbons (Fsp3) is 0.857. The van der Waals surface area contributed by atoms with Gasteiger partial charge in [-0.05, 0) is 25.7 Å². The Bertz CT molecular complexity index is 305. The van der Waals surface area contributed by atoms with Gasteiger partial charge in [-0.2, -0.15) is 12.8 Å². The van der Waals surface area contributed by atoms with Crippen LogP contribution in [0.15, 0.2) is 4.36 Å². The zero-order chi connectivity index (χ0) is 9.84. The predicted octanol–water partition coefficient (Wildman–Crippen LogP) is 0.693. The molecule has 13 heavy (non-hydrogen) atoms. The number of aliphatic carboxylic acids is 1. The van der Waals surface area contributed by atoms with E-state index in [1.807, 2.05) is 0 Å². The minimum atomic E-state index is -2.36. The molecule has 1 aliphatic rings. The highest BCUT2D eigenvalue weighted by Crippen LogP contribution is 2.26. The first-order valence-corrected chi connectivity index (χ1v) is 5.16. The summed E-state index contributed by atoms with van der Waals surface area (Å²) in [5, 5.41) is 8.65. The quantitative estimate of drug-likeness (QED) is 0.718. The Kier molecular flexibility index (Phi) is 3.41. The van der Waals surface area contributed by atoms with Crippen molar-refractivity contribution < 1.29 is 18.3 Å². The van der Waals surface area contributed by atoms with Crippen molar-refractivity contribution >= 4 is 16.5 Å². The molecule has 0 radical (unpaired) electrons. The van der Waals surface area contributed by atoms with E-state index in [1.165, 1.54) is 0 Å². The lowest BCUT2D eigenvalue weighted by Gasteiger charge is -2.21. The van der Waals surface area contributed by atoms with Gasteiger partial charge < -0.3 is 5.11 Å². The van der Waals surface area contributed by atoms with Gasteiger partial charge in [0, 0.05) is 0 Å². The maximum absolute atomic E-state index is 10.5. The summed E-state index contributed by atoms with van der Waals surface area (Å²) in [6, 6.07) is -0.200. The lowest BCUT2D eigenvalue weighted by atomic mass is 9.87. The van der Waals surface area contributed by atoms with Crippen molar-refractivity contribution in [2.45, 2.75) is 31.7 Å². The van der Waals surface area contributed by atoms with E-state index in [0.29, 0.717) is 25.7 Å². The normalized spacial score (nSPS) is 28.0. The largest absolute Gasteiger partial charge is 0.481 e. The van der Waals surface area contributed by atoms with Crippen LogP contribution in [0.3, 0.4) is 0 Å². The van der Waals surface area contributed by atoms with Gasteiger partial charge in [-0.15, -0.1) is 0 Å². The van der Waals surface area contributed by atoms with E-state index in [1.54, 1.807) is 0 Å². The Labute approximate surface area is 77.5 Å². The third-order valence-corrected chi connectivity index (χ3v) is 2.75. The van der Waals surface area contributed by atoms with E-state index < -0.39 is 16.5 Å². The Hall–Kier alpha value is -0.910. The lowest BCUT2D eigenvalue weighted by molar-refractivity contribution is -0.142. The minimum Gasteiger partial charge on any atom is -0.481 e. The fourth-order valence-corrected chi connectivity index (χ4v) is 2.00. The Morgan fingerprint density at radius 2 is 1.77 bits per heavy atom. The Morgan fingerprint density at radius 3 is 2.15 bits per heavy atom. The third kappa shape index (κ3) is 3.14. The molecule has 0 bridgehead atoms. The average Bonchev–Trinajstić information content (AvgIpc) is 2.04. The number of carbonyl (C=O) groups is 1. The van der Waals surface area contributed by atoms with Crippen molar-refractivity contribution in [2.75, 3.05) is 0 Å². The second kappa shape index (κ2) is 4.36. The van der Waals surface area contributed by atoms with E-state index in [2.05, 4.69) is 4.36 Å². The molecule has 6 heteroatoms. The van der Waals surface area contributed by atoms with Crippen molar-refractivity contribution in [1.29, 1.82) is 0 Å². The van der Waals surface area contributed by atoms with Crippen LogP contribution in [0.25, 0.3) is 0 Å². The number of hydrogen-bond donors (Lipinski definition) is 1. The molecular weight excluding hydrogens is 194 g/mol. The molecule has 1 rings (SSSR count).